The Labute approximate surface area is 177 Å². The molecule has 0 spiro atoms. The van der Waals surface area contributed by atoms with E-state index in [4.69, 9.17) is 0 Å². The van der Waals surface area contributed by atoms with E-state index in [2.05, 4.69) is 27.7 Å². The fourth-order valence-corrected chi connectivity index (χ4v) is 9.45. The molecule has 4 aliphatic rings. The van der Waals surface area contributed by atoms with Crippen LogP contribution in [0.4, 0.5) is 0 Å². The zero-order chi connectivity index (χ0) is 21.1. The molecule has 4 nitrogen and oxygen atoms in total. The number of rotatable bonds is 4. The zero-order valence-electron chi connectivity index (χ0n) is 18.9. The standard InChI is InChI=1S/C25H44O4/c1-5-16-19-12-15(27)8-10-24(19,3)22-20(28)13-25(4)17(14(2)9-11-26)6-7-18(25)21(22)23(16)29/h14-23,26-29H,5-13H2,1-4H3/t14-,15-,16-,17?,18?,19+,20+,21?,22?,23-,24+,25-/m1/s1. The van der Waals surface area contributed by atoms with Crippen LogP contribution in [0.3, 0.4) is 0 Å². The van der Waals surface area contributed by atoms with Crippen LogP contribution in [-0.2, 0) is 0 Å². The minimum Gasteiger partial charge on any atom is -0.396 e. The highest BCUT2D eigenvalue weighted by molar-refractivity contribution is 5.15. The molecule has 4 aliphatic carbocycles. The lowest BCUT2D eigenvalue weighted by atomic mass is 9.40. The van der Waals surface area contributed by atoms with E-state index in [0.29, 0.717) is 23.7 Å². The molecule has 0 heterocycles. The minimum absolute atomic E-state index is 0.0132. The Bertz CT molecular complexity index is 595. The summed E-state index contributed by atoms with van der Waals surface area (Å²) in [6.45, 7) is 9.42. The zero-order valence-corrected chi connectivity index (χ0v) is 18.9. The molecule has 0 aromatic heterocycles. The van der Waals surface area contributed by atoms with Crippen LogP contribution >= 0.6 is 0 Å². The summed E-state index contributed by atoms with van der Waals surface area (Å²) in [6, 6.07) is 0. The summed E-state index contributed by atoms with van der Waals surface area (Å²) in [5.74, 6) is 2.25. The summed E-state index contributed by atoms with van der Waals surface area (Å²) in [5.41, 5.74) is 0.0607. The number of aliphatic hydroxyl groups is 4. The van der Waals surface area contributed by atoms with Crippen LogP contribution < -0.4 is 0 Å². The first kappa shape index (κ1) is 22.0. The van der Waals surface area contributed by atoms with Crippen molar-refractivity contribution in [2.45, 2.75) is 97.4 Å². The summed E-state index contributed by atoms with van der Waals surface area (Å²) >= 11 is 0. The fraction of sp³-hybridized carbons (Fsp3) is 1.00. The van der Waals surface area contributed by atoms with E-state index in [1.807, 2.05) is 0 Å². The van der Waals surface area contributed by atoms with Crippen molar-refractivity contribution in [1.29, 1.82) is 0 Å². The molecule has 4 rings (SSSR count). The van der Waals surface area contributed by atoms with Crippen LogP contribution in [0.1, 0.15) is 79.1 Å². The Kier molecular flexibility index (Phi) is 5.90. The fourth-order valence-electron chi connectivity index (χ4n) is 9.45. The molecule has 0 aromatic rings. The second-order valence-corrected chi connectivity index (χ2v) is 11.8. The molecule has 4 unspecified atom stereocenters. The normalized spacial score (nSPS) is 55.7. The quantitative estimate of drug-likeness (QED) is 0.573. The average molecular weight is 409 g/mol. The predicted molar refractivity (Wildman–Crippen MR) is 114 cm³/mol. The van der Waals surface area contributed by atoms with E-state index >= 15 is 0 Å². The largest absolute Gasteiger partial charge is 0.396 e. The summed E-state index contributed by atoms with van der Waals surface area (Å²) in [6.07, 6.45) is 6.46. The van der Waals surface area contributed by atoms with Crippen molar-refractivity contribution in [3.63, 3.8) is 0 Å². The van der Waals surface area contributed by atoms with Crippen LogP contribution in [0.25, 0.3) is 0 Å². The summed E-state index contributed by atoms with van der Waals surface area (Å²) in [5, 5.41) is 43.1. The van der Waals surface area contributed by atoms with Crippen molar-refractivity contribution >= 4 is 0 Å². The molecular weight excluding hydrogens is 364 g/mol. The first-order valence-electron chi connectivity index (χ1n) is 12.3. The molecule has 0 saturated heterocycles. The van der Waals surface area contributed by atoms with Gasteiger partial charge in [-0.3, -0.25) is 0 Å². The lowest BCUT2D eigenvalue weighted by Crippen LogP contribution is -2.65. The molecule has 0 radical (unpaired) electrons. The van der Waals surface area contributed by atoms with E-state index in [1.165, 1.54) is 0 Å². The molecular formula is C25H44O4. The van der Waals surface area contributed by atoms with Crippen LogP contribution in [0, 0.1) is 52.3 Å². The van der Waals surface area contributed by atoms with Gasteiger partial charge in [0.25, 0.3) is 0 Å². The predicted octanol–water partition coefficient (Wildman–Crippen LogP) is 3.60. The average Bonchev–Trinajstić information content (AvgIpc) is 3.00. The third-order valence-electron chi connectivity index (χ3n) is 10.7. The Morgan fingerprint density at radius 2 is 1.72 bits per heavy atom. The van der Waals surface area contributed by atoms with E-state index in [9.17, 15) is 20.4 Å². The maximum atomic E-state index is 11.7. The Balaban J connectivity index is 1.72. The van der Waals surface area contributed by atoms with Gasteiger partial charge in [-0.25, -0.2) is 0 Å². The van der Waals surface area contributed by atoms with Crippen molar-refractivity contribution in [2.24, 2.45) is 52.3 Å². The highest BCUT2D eigenvalue weighted by Crippen LogP contribution is 2.69. The molecule has 0 aromatic carbocycles. The van der Waals surface area contributed by atoms with Crippen molar-refractivity contribution < 1.29 is 20.4 Å². The number of fused-ring (bicyclic) bond motifs is 5. The van der Waals surface area contributed by atoms with Crippen LogP contribution in [-0.4, -0.2) is 45.3 Å². The molecule has 4 fully saturated rings. The highest BCUT2D eigenvalue weighted by atomic mass is 16.3. The van der Waals surface area contributed by atoms with Gasteiger partial charge in [0.15, 0.2) is 0 Å². The Hall–Kier alpha value is -0.160. The molecule has 0 amide bonds. The minimum atomic E-state index is -0.377. The third-order valence-corrected chi connectivity index (χ3v) is 10.7. The van der Waals surface area contributed by atoms with Gasteiger partial charge in [0.2, 0.25) is 0 Å². The molecule has 29 heavy (non-hydrogen) atoms. The first-order chi connectivity index (χ1) is 13.7. The molecule has 0 aliphatic heterocycles. The van der Waals surface area contributed by atoms with Gasteiger partial charge in [-0.2, -0.15) is 0 Å². The molecule has 168 valence electrons. The van der Waals surface area contributed by atoms with E-state index < -0.39 is 0 Å². The van der Waals surface area contributed by atoms with E-state index in [-0.39, 0.29) is 53.5 Å². The molecule has 4 heteroatoms. The van der Waals surface area contributed by atoms with Gasteiger partial charge in [-0.1, -0.05) is 34.1 Å². The van der Waals surface area contributed by atoms with Gasteiger partial charge in [-0.15, -0.1) is 0 Å². The monoisotopic (exact) mass is 408 g/mol. The molecule has 4 saturated carbocycles. The third kappa shape index (κ3) is 3.15. The second-order valence-electron chi connectivity index (χ2n) is 11.8. The summed E-state index contributed by atoms with van der Waals surface area (Å²) in [7, 11) is 0. The van der Waals surface area contributed by atoms with Crippen molar-refractivity contribution in [3.8, 4) is 0 Å². The highest BCUT2D eigenvalue weighted by Gasteiger charge is 2.67. The molecule has 0 bridgehead atoms. The maximum Gasteiger partial charge on any atom is 0.0605 e. The van der Waals surface area contributed by atoms with E-state index in [0.717, 1.165) is 51.4 Å². The smallest absolute Gasteiger partial charge is 0.0605 e. The van der Waals surface area contributed by atoms with Crippen LogP contribution in [0.2, 0.25) is 0 Å². The van der Waals surface area contributed by atoms with Gasteiger partial charge in [0.1, 0.15) is 0 Å². The summed E-state index contributed by atoms with van der Waals surface area (Å²) in [4.78, 5) is 0. The van der Waals surface area contributed by atoms with Gasteiger partial charge in [0, 0.05) is 6.61 Å². The topological polar surface area (TPSA) is 80.9 Å². The number of hydrogen-bond donors (Lipinski definition) is 4. The lowest BCUT2D eigenvalue weighted by Gasteiger charge is -2.66. The molecule has 4 N–H and O–H groups in total. The Morgan fingerprint density at radius 1 is 1.00 bits per heavy atom. The SMILES string of the molecule is CC[C@H]1[C@@H](O)C2C3CCC([C@H](C)CCO)[C@@]3(C)C[C@H](O)C2[C@@]2(C)CC[C@@H](O)C[C@@H]12. The van der Waals surface area contributed by atoms with Crippen LogP contribution in [0.15, 0.2) is 0 Å². The van der Waals surface area contributed by atoms with Crippen molar-refractivity contribution in [2.75, 3.05) is 6.61 Å². The van der Waals surface area contributed by atoms with Gasteiger partial charge in [0.05, 0.1) is 18.3 Å². The van der Waals surface area contributed by atoms with Gasteiger partial charge < -0.3 is 20.4 Å². The molecule has 12 atom stereocenters. The van der Waals surface area contributed by atoms with Crippen LogP contribution in [0.5, 0.6) is 0 Å². The number of hydrogen-bond acceptors (Lipinski definition) is 4. The Morgan fingerprint density at radius 3 is 2.38 bits per heavy atom. The van der Waals surface area contributed by atoms with Crippen molar-refractivity contribution in [3.05, 3.63) is 0 Å². The van der Waals surface area contributed by atoms with Crippen molar-refractivity contribution in [1.82, 2.24) is 0 Å². The van der Waals surface area contributed by atoms with Gasteiger partial charge in [-0.05, 0) is 97.2 Å². The van der Waals surface area contributed by atoms with Gasteiger partial charge >= 0.3 is 0 Å². The van der Waals surface area contributed by atoms with E-state index in [1.54, 1.807) is 0 Å². The lowest BCUT2D eigenvalue weighted by molar-refractivity contribution is -0.235. The maximum absolute atomic E-state index is 11.7. The number of aliphatic hydroxyl groups excluding tert-OH is 4. The first-order valence-corrected chi connectivity index (χ1v) is 12.3. The second kappa shape index (κ2) is 7.76. The summed E-state index contributed by atoms with van der Waals surface area (Å²) < 4.78 is 0.